The smallest absolute Gasteiger partial charge is 0.226 e. The van der Waals surface area contributed by atoms with Gasteiger partial charge in [0.05, 0.1) is 0 Å². The molecule has 1 heterocycles. The van der Waals surface area contributed by atoms with Gasteiger partial charge in [0, 0.05) is 54.7 Å². The Morgan fingerprint density at radius 3 is 2.33 bits per heavy atom. The number of piperazine rings is 1. The second-order valence-corrected chi connectivity index (χ2v) is 7.05. The normalized spacial score (nSPS) is 24.7. The van der Waals surface area contributed by atoms with Gasteiger partial charge in [-0.1, -0.05) is 30.5 Å². The number of amides is 1. The van der Waals surface area contributed by atoms with Crippen LogP contribution in [0.25, 0.3) is 0 Å². The minimum Gasteiger partial charge on any atom is -0.550 e. The van der Waals surface area contributed by atoms with Crippen molar-refractivity contribution in [3.8, 4) is 0 Å². The molecular weight excluding hydrogens is 328 g/mol. The summed E-state index contributed by atoms with van der Waals surface area (Å²) in [5.74, 6) is -2.14. The molecule has 1 saturated carbocycles. The Bertz CT molecular complexity index is 614. The molecule has 1 saturated heterocycles. The molecule has 0 spiro atoms. The third-order valence-corrected chi connectivity index (χ3v) is 5.39. The molecule has 2 fully saturated rings. The fraction of sp³-hybridized carbons (Fsp3) is 0.556. The highest BCUT2D eigenvalue weighted by Gasteiger charge is 2.35. The number of anilines is 1. The Balaban J connectivity index is 1.61. The van der Waals surface area contributed by atoms with Crippen molar-refractivity contribution in [3.05, 3.63) is 29.3 Å². The van der Waals surface area contributed by atoms with Crippen LogP contribution in [0.5, 0.6) is 0 Å². The number of carboxylic acids is 1. The van der Waals surface area contributed by atoms with Crippen molar-refractivity contribution in [2.45, 2.75) is 25.7 Å². The lowest BCUT2D eigenvalue weighted by Gasteiger charge is -2.40. The molecule has 1 aromatic carbocycles. The minimum atomic E-state index is -1.08. The van der Waals surface area contributed by atoms with Crippen LogP contribution in [-0.4, -0.2) is 43.0 Å². The SMILES string of the molecule is O=C([O-])[C@@H]1CCCC[C@H]1C(=O)N1CCN(c2cccc(Cl)c2)CC1. The first-order valence-electron chi connectivity index (χ1n) is 8.56. The first-order chi connectivity index (χ1) is 11.6. The number of carbonyl (C=O) groups excluding carboxylic acids is 2. The minimum absolute atomic E-state index is 0.0188. The van der Waals surface area contributed by atoms with Crippen molar-refractivity contribution in [2.24, 2.45) is 11.8 Å². The maximum absolute atomic E-state index is 12.8. The molecular formula is C18H22ClN2O3-. The van der Waals surface area contributed by atoms with E-state index in [0.717, 1.165) is 31.6 Å². The second kappa shape index (κ2) is 7.43. The van der Waals surface area contributed by atoms with Gasteiger partial charge in [-0.15, -0.1) is 0 Å². The molecule has 5 nitrogen and oxygen atoms in total. The highest BCUT2D eigenvalue weighted by Crippen LogP contribution is 2.31. The Kier molecular flexibility index (Phi) is 5.29. The van der Waals surface area contributed by atoms with Gasteiger partial charge in [0.1, 0.15) is 0 Å². The van der Waals surface area contributed by atoms with E-state index in [1.807, 2.05) is 29.2 Å². The topological polar surface area (TPSA) is 63.7 Å². The standard InChI is InChI=1S/C18H23ClN2O3/c19-13-4-3-5-14(12-13)20-8-10-21(11-9-20)17(22)15-6-1-2-7-16(15)18(23)24/h3-5,12,15-16H,1-2,6-11H2,(H,23,24)/p-1/t15-,16-/m1/s1. The molecule has 3 rings (SSSR count). The van der Waals surface area contributed by atoms with E-state index in [1.54, 1.807) is 0 Å². The second-order valence-electron chi connectivity index (χ2n) is 6.61. The third kappa shape index (κ3) is 3.66. The fourth-order valence-corrected chi connectivity index (χ4v) is 3.99. The summed E-state index contributed by atoms with van der Waals surface area (Å²) in [6, 6.07) is 7.69. The van der Waals surface area contributed by atoms with Crippen molar-refractivity contribution in [3.63, 3.8) is 0 Å². The summed E-state index contributed by atoms with van der Waals surface area (Å²) in [5.41, 5.74) is 1.06. The van der Waals surface area contributed by atoms with E-state index in [1.165, 1.54) is 0 Å². The Morgan fingerprint density at radius 2 is 1.71 bits per heavy atom. The monoisotopic (exact) mass is 349 g/mol. The molecule has 24 heavy (non-hydrogen) atoms. The summed E-state index contributed by atoms with van der Waals surface area (Å²) < 4.78 is 0. The van der Waals surface area contributed by atoms with Crippen LogP contribution in [-0.2, 0) is 9.59 Å². The van der Waals surface area contributed by atoms with Crippen molar-refractivity contribution < 1.29 is 14.7 Å². The Morgan fingerprint density at radius 1 is 1.04 bits per heavy atom. The van der Waals surface area contributed by atoms with Gasteiger partial charge in [-0.05, 0) is 31.0 Å². The number of aliphatic carboxylic acids is 1. The molecule has 2 aliphatic rings. The number of hydrogen-bond acceptors (Lipinski definition) is 4. The molecule has 0 unspecified atom stereocenters. The Labute approximate surface area is 147 Å². The summed E-state index contributed by atoms with van der Waals surface area (Å²) in [7, 11) is 0. The number of rotatable bonds is 3. The summed E-state index contributed by atoms with van der Waals surface area (Å²) in [4.78, 5) is 28.1. The van der Waals surface area contributed by atoms with Crippen molar-refractivity contribution in [1.82, 2.24) is 4.90 Å². The summed E-state index contributed by atoms with van der Waals surface area (Å²) in [5, 5.41) is 12.0. The van der Waals surface area contributed by atoms with E-state index >= 15 is 0 Å². The summed E-state index contributed by atoms with van der Waals surface area (Å²) in [6.45, 7) is 2.69. The van der Waals surface area contributed by atoms with Crippen LogP contribution in [0.4, 0.5) is 5.69 Å². The molecule has 0 aromatic heterocycles. The van der Waals surface area contributed by atoms with Gasteiger partial charge in [0.15, 0.2) is 0 Å². The maximum Gasteiger partial charge on any atom is 0.226 e. The molecule has 1 aliphatic heterocycles. The zero-order valence-electron chi connectivity index (χ0n) is 13.6. The molecule has 130 valence electrons. The lowest BCUT2D eigenvalue weighted by molar-refractivity contribution is -0.314. The van der Waals surface area contributed by atoms with Crippen LogP contribution in [0.15, 0.2) is 24.3 Å². The predicted molar refractivity (Wildman–Crippen MR) is 90.7 cm³/mol. The number of nitrogens with zero attached hydrogens (tertiary/aromatic N) is 2. The van der Waals surface area contributed by atoms with Gasteiger partial charge < -0.3 is 19.7 Å². The first-order valence-corrected chi connectivity index (χ1v) is 8.94. The van der Waals surface area contributed by atoms with Crippen LogP contribution in [0.2, 0.25) is 5.02 Å². The summed E-state index contributed by atoms with van der Waals surface area (Å²) >= 11 is 6.04. The van der Waals surface area contributed by atoms with E-state index in [2.05, 4.69) is 4.90 Å². The quantitative estimate of drug-likeness (QED) is 0.830. The van der Waals surface area contributed by atoms with Crippen LogP contribution >= 0.6 is 11.6 Å². The van der Waals surface area contributed by atoms with Crippen molar-refractivity contribution >= 4 is 29.2 Å². The van der Waals surface area contributed by atoms with E-state index in [9.17, 15) is 14.7 Å². The first kappa shape index (κ1) is 17.1. The van der Waals surface area contributed by atoms with E-state index in [4.69, 9.17) is 11.6 Å². The van der Waals surface area contributed by atoms with Gasteiger partial charge >= 0.3 is 0 Å². The number of benzene rings is 1. The van der Waals surface area contributed by atoms with Crippen LogP contribution < -0.4 is 10.0 Å². The number of halogens is 1. The summed E-state index contributed by atoms with van der Waals surface area (Å²) in [6.07, 6.45) is 3.00. The molecule has 2 atom stereocenters. The molecule has 6 heteroatoms. The van der Waals surface area contributed by atoms with Crippen LogP contribution in [0.1, 0.15) is 25.7 Å². The van der Waals surface area contributed by atoms with Crippen molar-refractivity contribution in [1.29, 1.82) is 0 Å². The van der Waals surface area contributed by atoms with Crippen LogP contribution in [0, 0.1) is 11.8 Å². The molecule has 0 radical (unpaired) electrons. The maximum atomic E-state index is 12.8. The van der Waals surface area contributed by atoms with Gasteiger partial charge in [-0.3, -0.25) is 4.79 Å². The van der Waals surface area contributed by atoms with Gasteiger partial charge in [-0.25, -0.2) is 0 Å². The number of carbonyl (C=O) groups is 2. The molecule has 0 N–H and O–H groups in total. The largest absolute Gasteiger partial charge is 0.550 e. The number of carboxylic acid groups (broad SMARTS) is 1. The highest BCUT2D eigenvalue weighted by atomic mass is 35.5. The fourth-order valence-electron chi connectivity index (χ4n) is 3.80. The number of hydrogen-bond donors (Lipinski definition) is 0. The van der Waals surface area contributed by atoms with Crippen LogP contribution in [0.3, 0.4) is 0 Å². The molecule has 1 amide bonds. The average molecular weight is 350 g/mol. The average Bonchev–Trinajstić information content (AvgIpc) is 2.61. The zero-order chi connectivity index (χ0) is 17.1. The predicted octanol–water partition coefficient (Wildman–Crippen LogP) is 1.54. The van der Waals surface area contributed by atoms with Gasteiger partial charge in [0.25, 0.3) is 0 Å². The lowest BCUT2D eigenvalue weighted by Crippen LogP contribution is -2.53. The van der Waals surface area contributed by atoms with Gasteiger partial charge in [-0.2, -0.15) is 0 Å². The van der Waals surface area contributed by atoms with Gasteiger partial charge in [0.2, 0.25) is 5.91 Å². The molecule has 1 aliphatic carbocycles. The highest BCUT2D eigenvalue weighted by molar-refractivity contribution is 6.30. The molecule has 1 aromatic rings. The third-order valence-electron chi connectivity index (χ3n) is 5.15. The van der Waals surface area contributed by atoms with E-state index in [0.29, 0.717) is 31.0 Å². The Hall–Kier alpha value is -1.75. The molecule has 0 bridgehead atoms. The zero-order valence-corrected chi connectivity index (χ0v) is 14.4. The lowest BCUT2D eigenvalue weighted by atomic mass is 9.78. The van der Waals surface area contributed by atoms with Crippen molar-refractivity contribution in [2.75, 3.05) is 31.1 Å². The van der Waals surface area contributed by atoms with E-state index < -0.39 is 17.8 Å². The van der Waals surface area contributed by atoms with E-state index in [-0.39, 0.29) is 5.91 Å².